The standard InChI is InChI=1S/C11H15ClN2S/c1-14-5-3-4-9(14)8-6-10(15-2)11(12)13-7-8/h6-7,9H,3-5H2,1-2H3/t9-/m0/s1. The van der Waals surface area contributed by atoms with E-state index in [-0.39, 0.29) is 0 Å². The van der Waals surface area contributed by atoms with Gasteiger partial charge in [0.05, 0.1) is 0 Å². The van der Waals surface area contributed by atoms with Gasteiger partial charge in [-0.3, -0.25) is 4.90 Å². The molecule has 2 nitrogen and oxygen atoms in total. The molecule has 0 saturated carbocycles. The number of hydrogen-bond acceptors (Lipinski definition) is 3. The second-order valence-corrected chi connectivity index (χ2v) is 5.11. The van der Waals surface area contributed by atoms with Crippen molar-refractivity contribution in [2.24, 2.45) is 0 Å². The molecule has 4 heteroatoms. The SMILES string of the molecule is CSc1cc([C@@H]2CCCN2C)cnc1Cl. The third kappa shape index (κ3) is 2.30. The molecule has 0 bridgehead atoms. The predicted molar refractivity (Wildman–Crippen MR) is 65.6 cm³/mol. The smallest absolute Gasteiger partial charge is 0.142 e. The summed E-state index contributed by atoms with van der Waals surface area (Å²) in [6.45, 7) is 1.18. The lowest BCUT2D eigenvalue weighted by molar-refractivity contribution is 0.316. The highest BCUT2D eigenvalue weighted by Crippen LogP contribution is 2.33. The second-order valence-electron chi connectivity index (χ2n) is 3.90. The van der Waals surface area contributed by atoms with E-state index in [1.54, 1.807) is 11.8 Å². The van der Waals surface area contributed by atoms with Crippen LogP contribution in [0, 0.1) is 0 Å². The first-order valence-electron chi connectivity index (χ1n) is 5.12. The quantitative estimate of drug-likeness (QED) is 0.585. The van der Waals surface area contributed by atoms with Crippen LogP contribution in [-0.2, 0) is 0 Å². The van der Waals surface area contributed by atoms with Gasteiger partial charge in [-0.25, -0.2) is 4.98 Å². The van der Waals surface area contributed by atoms with Crippen molar-refractivity contribution in [2.75, 3.05) is 19.8 Å². The molecule has 1 aliphatic heterocycles. The van der Waals surface area contributed by atoms with Crippen LogP contribution in [0.4, 0.5) is 0 Å². The third-order valence-electron chi connectivity index (χ3n) is 2.95. The zero-order chi connectivity index (χ0) is 10.8. The van der Waals surface area contributed by atoms with Crippen LogP contribution in [0.5, 0.6) is 0 Å². The highest BCUT2D eigenvalue weighted by molar-refractivity contribution is 7.98. The van der Waals surface area contributed by atoms with Crippen molar-refractivity contribution in [3.05, 3.63) is 23.0 Å². The maximum atomic E-state index is 5.99. The Labute approximate surface area is 100 Å². The molecule has 0 radical (unpaired) electrons. The molecule has 1 aromatic heterocycles. The van der Waals surface area contributed by atoms with Crippen molar-refractivity contribution >= 4 is 23.4 Å². The molecule has 1 atom stereocenters. The fourth-order valence-electron chi connectivity index (χ4n) is 2.10. The average molecular weight is 243 g/mol. The summed E-state index contributed by atoms with van der Waals surface area (Å²) in [5, 5.41) is 0.618. The number of hydrogen-bond donors (Lipinski definition) is 0. The zero-order valence-electron chi connectivity index (χ0n) is 9.03. The molecule has 0 spiro atoms. The maximum absolute atomic E-state index is 5.99. The summed E-state index contributed by atoms with van der Waals surface area (Å²) in [6, 6.07) is 2.70. The molecule has 0 N–H and O–H groups in total. The van der Waals surface area contributed by atoms with E-state index in [0.717, 1.165) is 4.90 Å². The highest BCUT2D eigenvalue weighted by Gasteiger charge is 2.23. The van der Waals surface area contributed by atoms with Crippen LogP contribution in [0.1, 0.15) is 24.4 Å². The highest BCUT2D eigenvalue weighted by atomic mass is 35.5. The molecular weight excluding hydrogens is 228 g/mol. The number of thioether (sulfide) groups is 1. The molecule has 1 saturated heterocycles. The van der Waals surface area contributed by atoms with E-state index in [4.69, 9.17) is 11.6 Å². The number of pyridine rings is 1. The lowest BCUT2D eigenvalue weighted by Crippen LogP contribution is -2.17. The Kier molecular flexibility index (Phi) is 3.54. The van der Waals surface area contributed by atoms with Gasteiger partial charge in [-0.05, 0) is 44.3 Å². The molecule has 0 aromatic carbocycles. The van der Waals surface area contributed by atoms with Gasteiger partial charge in [0.15, 0.2) is 0 Å². The lowest BCUT2D eigenvalue weighted by Gasteiger charge is -2.19. The van der Waals surface area contributed by atoms with Crippen molar-refractivity contribution < 1.29 is 0 Å². The molecule has 15 heavy (non-hydrogen) atoms. The molecule has 0 amide bonds. The minimum atomic E-state index is 0.528. The Hall–Kier alpha value is -0.250. The van der Waals surface area contributed by atoms with Crippen molar-refractivity contribution in [1.29, 1.82) is 0 Å². The average Bonchev–Trinajstić information content (AvgIpc) is 2.65. The van der Waals surface area contributed by atoms with E-state index in [0.29, 0.717) is 11.2 Å². The summed E-state index contributed by atoms with van der Waals surface area (Å²) in [5.41, 5.74) is 1.30. The van der Waals surface area contributed by atoms with E-state index in [1.165, 1.54) is 24.9 Å². The van der Waals surface area contributed by atoms with Crippen LogP contribution in [-0.4, -0.2) is 29.7 Å². The van der Waals surface area contributed by atoms with Gasteiger partial charge < -0.3 is 0 Å². The predicted octanol–water partition coefficient (Wildman–Crippen LogP) is 3.22. The number of likely N-dealkylation sites (tertiary alicyclic amines) is 1. The van der Waals surface area contributed by atoms with E-state index in [1.807, 2.05) is 12.5 Å². The number of nitrogens with zero attached hydrogens (tertiary/aromatic N) is 2. The largest absolute Gasteiger partial charge is 0.299 e. The first-order chi connectivity index (χ1) is 7.22. The van der Waals surface area contributed by atoms with Crippen molar-refractivity contribution in [3.8, 4) is 0 Å². The van der Waals surface area contributed by atoms with Crippen LogP contribution in [0.15, 0.2) is 17.2 Å². The minimum absolute atomic E-state index is 0.528. The van der Waals surface area contributed by atoms with Crippen molar-refractivity contribution in [3.63, 3.8) is 0 Å². The Morgan fingerprint density at radius 2 is 2.40 bits per heavy atom. The lowest BCUT2D eigenvalue weighted by atomic mass is 10.1. The number of rotatable bonds is 2. The third-order valence-corrected chi connectivity index (χ3v) is 4.12. The summed E-state index contributed by atoms with van der Waals surface area (Å²) < 4.78 is 0. The Morgan fingerprint density at radius 3 is 3.00 bits per heavy atom. The van der Waals surface area contributed by atoms with E-state index in [9.17, 15) is 0 Å². The molecule has 1 aliphatic rings. The molecule has 1 aromatic rings. The van der Waals surface area contributed by atoms with Crippen LogP contribution < -0.4 is 0 Å². The van der Waals surface area contributed by atoms with Gasteiger partial charge in [0.25, 0.3) is 0 Å². The fraction of sp³-hybridized carbons (Fsp3) is 0.545. The minimum Gasteiger partial charge on any atom is -0.299 e. The first kappa shape index (κ1) is 11.2. The summed E-state index contributed by atoms with van der Waals surface area (Å²) in [6.07, 6.45) is 6.45. The molecule has 0 unspecified atom stereocenters. The topological polar surface area (TPSA) is 16.1 Å². The molecule has 0 aliphatic carbocycles. The van der Waals surface area contributed by atoms with Gasteiger partial charge in [-0.1, -0.05) is 11.6 Å². The van der Waals surface area contributed by atoms with E-state index >= 15 is 0 Å². The Morgan fingerprint density at radius 1 is 1.60 bits per heavy atom. The Bertz CT molecular complexity index is 356. The molecular formula is C11H15ClN2S. The van der Waals surface area contributed by atoms with Gasteiger partial charge >= 0.3 is 0 Å². The second kappa shape index (κ2) is 4.73. The van der Waals surface area contributed by atoms with Gasteiger partial charge in [0, 0.05) is 17.1 Å². The Balaban J connectivity index is 2.28. The van der Waals surface area contributed by atoms with E-state index in [2.05, 4.69) is 23.0 Å². The zero-order valence-corrected chi connectivity index (χ0v) is 10.6. The van der Waals surface area contributed by atoms with E-state index < -0.39 is 0 Å². The monoisotopic (exact) mass is 242 g/mol. The molecule has 2 rings (SSSR count). The summed E-state index contributed by atoms with van der Waals surface area (Å²) in [5.74, 6) is 0. The number of aromatic nitrogens is 1. The van der Waals surface area contributed by atoms with Crippen LogP contribution in [0.3, 0.4) is 0 Å². The molecule has 82 valence electrons. The maximum Gasteiger partial charge on any atom is 0.142 e. The van der Waals surface area contributed by atoms with Gasteiger partial charge in [0.2, 0.25) is 0 Å². The molecule has 1 fully saturated rings. The number of halogens is 1. The van der Waals surface area contributed by atoms with Gasteiger partial charge in [0.1, 0.15) is 5.15 Å². The summed E-state index contributed by atoms with van der Waals surface area (Å²) in [4.78, 5) is 7.71. The van der Waals surface area contributed by atoms with Crippen LogP contribution in [0.25, 0.3) is 0 Å². The first-order valence-corrected chi connectivity index (χ1v) is 6.72. The normalized spacial score (nSPS) is 22.2. The van der Waals surface area contributed by atoms with Crippen LogP contribution >= 0.6 is 23.4 Å². The van der Waals surface area contributed by atoms with Crippen LogP contribution in [0.2, 0.25) is 5.15 Å². The summed E-state index contributed by atoms with van der Waals surface area (Å²) >= 11 is 7.65. The summed E-state index contributed by atoms with van der Waals surface area (Å²) in [7, 11) is 2.17. The van der Waals surface area contributed by atoms with Crippen molar-refractivity contribution in [1.82, 2.24) is 9.88 Å². The van der Waals surface area contributed by atoms with Gasteiger partial charge in [-0.2, -0.15) is 0 Å². The van der Waals surface area contributed by atoms with Crippen molar-refractivity contribution in [2.45, 2.75) is 23.8 Å². The molecule has 2 heterocycles. The van der Waals surface area contributed by atoms with Gasteiger partial charge in [-0.15, -0.1) is 11.8 Å². The fourth-order valence-corrected chi connectivity index (χ4v) is 2.91.